The Bertz CT molecular complexity index is 468. The van der Waals surface area contributed by atoms with Crippen molar-refractivity contribution in [1.29, 1.82) is 0 Å². The number of aromatic hydroxyl groups is 2. The van der Waals surface area contributed by atoms with Gasteiger partial charge >= 0.3 is 0 Å². The summed E-state index contributed by atoms with van der Waals surface area (Å²) in [6, 6.07) is 4.75. The zero-order valence-corrected chi connectivity index (χ0v) is 15.2. The van der Waals surface area contributed by atoms with Crippen LogP contribution >= 0.6 is 0 Å². The van der Waals surface area contributed by atoms with Gasteiger partial charge in [0.1, 0.15) is 5.78 Å². The fourth-order valence-electron chi connectivity index (χ4n) is 2.94. The lowest BCUT2D eigenvalue weighted by atomic mass is 10.0. The molecule has 0 saturated carbocycles. The van der Waals surface area contributed by atoms with Gasteiger partial charge in [0.2, 0.25) is 0 Å². The van der Waals surface area contributed by atoms with Crippen LogP contribution in [0.4, 0.5) is 0 Å². The van der Waals surface area contributed by atoms with Gasteiger partial charge in [-0.3, -0.25) is 4.79 Å². The number of carbonyl (C=O) groups excluding carboxylic acids is 1. The number of unbranched alkanes of at least 4 members (excludes halogenated alkanes) is 9. The van der Waals surface area contributed by atoms with E-state index in [9.17, 15) is 15.0 Å². The van der Waals surface area contributed by atoms with E-state index in [1.54, 1.807) is 6.07 Å². The van der Waals surface area contributed by atoms with Crippen LogP contribution < -0.4 is 0 Å². The third kappa shape index (κ3) is 9.59. The molecule has 0 aromatic heterocycles. The molecule has 0 aliphatic rings. The van der Waals surface area contributed by atoms with Crippen molar-refractivity contribution in [2.24, 2.45) is 0 Å². The van der Waals surface area contributed by atoms with Crippen LogP contribution in [0.3, 0.4) is 0 Å². The van der Waals surface area contributed by atoms with Crippen molar-refractivity contribution in [3.8, 4) is 11.5 Å². The molecule has 136 valence electrons. The van der Waals surface area contributed by atoms with Crippen molar-refractivity contribution < 1.29 is 15.0 Å². The molecule has 0 saturated heterocycles. The van der Waals surface area contributed by atoms with Crippen molar-refractivity contribution in [1.82, 2.24) is 0 Å². The fourth-order valence-corrected chi connectivity index (χ4v) is 2.94. The maximum absolute atomic E-state index is 11.9. The Morgan fingerprint density at radius 2 is 1.38 bits per heavy atom. The molecule has 0 amide bonds. The maximum Gasteiger partial charge on any atom is 0.157 e. The van der Waals surface area contributed by atoms with E-state index in [-0.39, 0.29) is 11.5 Å². The predicted octanol–water partition coefficient (Wildman–Crippen LogP) is 5.91. The van der Waals surface area contributed by atoms with Gasteiger partial charge in [-0.2, -0.15) is 0 Å². The first-order valence-electron chi connectivity index (χ1n) is 9.66. The van der Waals surface area contributed by atoms with Gasteiger partial charge in [-0.05, 0) is 30.5 Å². The van der Waals surface area contributed by atoms with Gasteiger partial charge in [-0.25, -0.2) is 0 Å². The molecule has 0 unspecified atom stereocenters. The van der Waals surface area contributed by atoms with Crippen molar-refractivity contribution in [3.63, 3.8) is 0 Å². The number of aryl methyl sites for hydroxylation is 1. The number of hydrogen-bond donors (Lipinski definition) is 2. The van der Waals surface area contributed by atoms with E-state index >= 15 is 0 Å². The van der Waals surface area contributed by atoms with Crippen LogP contribution in [0.2, 0.25) is 0 Å². The van der Waals surface area contributed by atoms with E-state index in [1.807, 2.05) is 0 Å². The molecule has 0 aliphatic heterocycles. The summed E-state index contributed by atoms with van der Waals surface area (Å²) in [5.41, 5.74) is 0.890. The van der Waals surface area contributed by atoms with Crippen LogP contribution in [0.5, 0.6) is 11.5 Å². The van der Waals surface area contributed by atoms with Crippen molar-refractivity contribution in [3.05, 3.63) is 23.8 Å². The van der Waals surface area contributed by atoms with Crippen LogP contribution in [0.25, 0.3) is 0 Å². The number of phenols is 2. The Morgan fingerprint density at radius 1 is 0.792 bits per heavy atom. The average Bonchev–Trinajstić information content (AvgIpc) is 2.57. The van der Waals surface area contributed by atoms with Crippen LogP contribution in [0.1, 0.15) is 89.5 Å². The van der Waals surface area contributed by atoms with Gasteiger partial charge < -0.3 is 10.2 Å². The molecule has 3 nitrogen and oxygen atoms in total. The SMILES string of the molecule is CCCCCCCCCCCCC(=O)CCc1ccc(O)c(O)c1. The Kier molecular flexibility index (Phi) is 11.0. The van der Waals surface area contributed by atoms with Crippen molar-refractivity contribution in [2.45, 2.75) is 90.4 Å². The Labute approximate surface area is 147 Å². The molecule has 0 radical (unpaired) electrons. The van der Waals surface area contributed by atoms with Gasteiger partial charge in [0.25, 0.3) is 0 Å². The second-order valence-electron chi connectivity index (χ2n) is 6.79. The van der Waals surface area contributed by atoms with E-state index < -0.39 is 0 Å². The topological polar surface area (TPSA) is 57.5 Å². The predicted molar refractivity (Wildman–Crippen MR) is 99.6 cm³/mol. The quantitative estimate of drug-likeness (QED) is 0.328. The molecule has 1 aromatic rings. The second kappa shape index (κ2) is 12.9. The molecule has 2 N–H and O–H groups in total. The van der Waals surface area contributed by atoms with Crippen LogP contribution in [-0.4, -0.2) is 16.0 Å². The zero-order chi connectivity index (χ0) is 17.6. The van der Waals surface area contributed by atoms with Gasteiger partial charge in [-0.15, -0.1) is 0 Å². The average molecular weight is 334 g/mol. The molecule has 0 spiro atoms. The normalized spacial score (nSPS) is 10.9. The largest absolute Gasteiger partial charge is 0.504 e. The van der Waals surface area contributed by atoms with Gasteiger partial charge in [0.05, 0.1) is 0 Å². The summed E-state index contributed by atoms with van der Waals surface area (Å²) >= 11 is 0. The van der Waals surface area contributed by atoms with E-state index in [4.69, 9.17) is 0 Å². The summed E-state index contributed by atoms with van der Waals surface area (Å²) < 4.78 is 0. The number of Topliss-reactive ketones (excluding diaryl/α,β-unsaturated/α-hetero) is 1. The first kappa shape index (κ1) is 20.5. The van der Waals surface area contributed by atoms with Gasteiger partial charge in [-0.1, -0.05) is 70.8 Å². The molecule has 0 fully saturated rings. The minimum absolute atomic E-state index is 0.115. The monoisotopic (exact) mass is 334 g/mol. The highest BCUT2D eigenvalue weighted by Crippen LogP contribution is 2.25. The Morgan fingerprint density at radius 3 is 1.96 bits per heavy atom. The third-order valence-electron chi connectivity index (χ3n) is 4.54. The lowest BCUT2D eigenvalue weighted by Crippen LogP contribution is -2.00. The maximum atomic E-state index is 11.9. The molecular formula is C21H34O3. The highest BCUT2D eigenvalue weighted by molar-refractivity contribution is 5.78. The molecule has 24 heavy (non-hydrogen) atoms. The summed E-state index contributed by atoms with van der Waals surface area (Å²) in [4.78, 5) is 11.9. The molecule has 0 atom stereocenters. The van der Waals surface area contributed by atoms with Gasteiger partial charge in [0.15, 0.2) is 11.5 Å². The highest BCUT2D eigenvalue weighted by Gasteiger charge is 2.05. The number of hydrogen-bond acceptors (Lipinski definition) is 3. The number of benzene rings is 1. The standard InChI is InChI=1S/C21H34O3/c1-2-3-4-5-6-7-8-9-10-11-12-19(22)15-13-18-14-16-20(23)21(24)17-18/h14,16-17,23-24H,2-13,15H2,1H3. The first-order valence-corrected chi connectivity index (χ1v) is 9.66. The summed E-state index contributed by atoms with van der Waals surface area (Å²) in [6.45, 7) is 2.25. The first-order chi connectivity index (χ1) is 11.6. The third-order valence-corrected chi connectivity index (χ3v) is 4.54. The smallest absolute Gasteiger partial charge is 0.157 e. The second-order valence-corrected chi connectivity index (χ2v) is 6.79. The van der Waals surface area contributed by atoms with E-state index in [0.29, 0.717) is 25.0 Å². The fraction of sp³-hybridized carbons (Fsp3) is 0.667. The van der Waals surface area contributed by atoms with E-state index in [1.165, 1.54) is 63.5 Å². The van der Waals surface area contributed by atoms with Gasteiger partial charge in [0, 0.05) is 12.8 Å². The van der Waals surface area contributed by atoms with E-state index in [0.717, 1.165) is 18.4 Å². The van der Waals surface area contributed by atoms with Crippen LogP contribution in [0, 0.1) is 0 Å². The lowest BCUT2D eigenvalue weighted by Gasteiger charge is -2.04. The number of phenolic OH excluding ortho intramolecular Hbond substituents is 2. The molecule has 0 heterocycles. The summed E-state index contributed by atoms with van der Waals surface area (Å²) in [5.74, 6) is 0.0622. The summed E-state index contributed by atoms with van der Waals surface area (Å²) in [7, 11) is 0. The lowest BCUT2D eigenvalue weighted by molar-refractivity contribution is -0.119. The van der Waals surface area contributed by atoms with E-state index in [2.05, 4.69) is 6.92 Å². The van der Waals surface area contributed by atoms with Crippen molar-refractivity contribution >= 4 is 5.78 Å². The molecule has 1 aromatic carbocycles. The van der Waals surface area contributed by atoms with Crippen LogP contribution in [0.15, 0.2) is 18.2 Å². The molecule has 3 heteroatoms. The Hall–Kier alpha value is -1.51. The minimum Gasteiger partial charge on any atom is -0.504 e. The zero-order valence-electron chi connectivity index (χ0n) is 15.2. The summed E-state index contributed by atoms with van der Waals surface area (Å²) in [5, 5.41) is 18.7. The molecule has 0 bridgehead atoms. The number of rotatable bonds is 14. The Balaban J connectivity index is 1.97. The number of carbonyl (C=O) groups is 1. The molecular weight excluding hydrogens is 300 g/mol. The highest BCUT2D eigenvalue weighted by atomic mass is 16.3. The number of ketones is 1. The molecule has 1 rings (SSSR count). The van der Waals surface area contributed by atoms with Crippen molar-refractivity contribution in [2.75, 3.05) is 0 Å². The minimum atomic E-state index is -0.116. The molecule has 0 aliphatic carbocycles. The summed E-state index contributed by atoms with van der Waals surface area (Å²) in [6.07, 6.45) is 14.6. The van der Waals surface area contributed by atoms with Crippen LogP contribution in [-0.2, 0) is 11.2 Å².